The molecule has 9 heteroatoms. The van der Waals surface area contributed by atoms with Gasteiger partial charge in [0.1, 0.15) is 13.2 Å². The van der Waals surface area contributed by atoms with Crippen LogP contribution in [-0.2, 0) is 33.3 Å². The molecule has 80 heavy (non-hydrogen) atoms. The van der Waals surface area contributed by atoms with E-state index in [1.54, 1.807) is 0 Å². The topological polar surface area (TPSA) is 111 Å². The van der Waals surface area contributed by atoms with Gasteiger partial charge in [0.25, 0.3) is 0 Å². The summed E-state index contributed by atoms with van der Waals surface area (Å²) in [5, 5.41) is 11.8. The normalized spacial score (nSPS) is 13.8. The summed E-state index contributed by atoms with van der Waals surface area (Å²) < 4.78 is 22.7. The quantitative estimate of drug-likeness (QED) is 0.0195. The first-order chi connectivity index (χ1) is 39.1. The standard InChI is InChI=1S/C71H115NO8/c1-6-8-10-12-14-16-18-20-22-24-26-27-28-29-30-31-32-33-34-35-36-37-38-39-40-41-42-43-44-46-48-50-52-54-56-58-60-62-69(74)80-67(66-79-71(70(75)76)77-64-63-72(3,4)5)65-78-68(73)61-59-57-55-53-51-49-47-45-25-23-21-19-17-15-13-11-9-7-2/h8,10,14,16,20,22-23,25-27,29-30,32-33,35-36,38-39,41-42,44,46,50,52,67,71H,6-7,9,11-13,15,17-19,21,24,28,31,34,37,40,43,45,47-49,51,53-66H2,1-5H3/b10-8-,16-14-,22-20-,25-23-,27-26-,30-29-,33-32-,36-35-,39-38-,42-41-,46-44-,52-50-. The fourth-order valence-electron chi connectivity index (χ4n) is 8.00. The number of hydrogen-bond acceptors (Lipinski definition) is 8. The summed E-state index contributed by atoms with van der Waals surface area (Å²) in [6, 6.07) is 0. The van der Waals surface area contributed by atoms with Crippen molar-refractivity contribution in [3.63, 3.8) is 0 Å². The van der Waals surface area contributed by atoms with Gasteiger partial charge in [0, 0.05) is 12.8 Å². The van der Waals surface area contributed by atoms with Crippen molar-refractivity contribution in [1.29, 1.82) is 0 Å². The van der Waals surface area contributed by atoms with Crippen molar-refractivity contribution in [1.82, 2.24) is 0 Å². The van der Waals surface area contributed by atoms with Crippen molar-refractivity contribution < 1.29 is 42.9 Å². The highest BCUT2D eigenvalue weighted by Crippen LogP contribution is 2.14. The Morgan fingerprint density at radius 1 is 0.388 bits per heavy atom. The zero-order valence-corrected chi connectivity index (χ0v) is 51.4. The first-order valence-corrected chi connectivity index (χ1v) is 31.5. The van der Waals surface area contributed by atoms with Gasteiger partial charge in [0.05, 0.1) is 40.3 Å². The highest BCUT2D eigenvalue weighted by atomic mass is 16.7. The molecule has 0 saturated carbocycles. The fraction of sp³-hybridized carbons (Fsp3) is 0.620. The number of nitrogens with zero attached hydrogens (tertiary/aromatic N) is 1. The molecule has 0 aliphatic rings. The minimum atomic E-state index is -1.64. The molecular weight excluding hydrogens is 995 g/mol. The second-order valence-corrected chi connectivity index (χ2v) is 21.6. The van der Waals surface area contributed by atoms with Gasteiger partial charge in [0.2, 0.25) is 0 Å². The van der Waals surface area contributed by atoms with E-state index < -0.39 is 24.3 Å². The molecule has 0 aromatic rings. The Hall–Kier alpha value is -4.83. The maximum Gasteiger partial charge on any atom is 0.306 e. The van der Waals surface area contributed by atoms with E-state index in [2.05, 4.69) is 160 Å². The van der Waals surface area contributed by atoms with Crippen LogP contribution >= 0.6 is 0 Å². The van der Waals surface area contributed by atoms with Gasteiger partial charge in [-0.05, 0) is 122 Å². The van der Waals surface area contributed by atoms with Crippen LogP contribution in [0.3, 0.4) is 0 Å². The Morgan fingerprint density at radius 2 is 0.713 bits per heavy atom. The Balaban J connectivity index is 4.31. The maximum absolute atomic E-state index is 12.9. The molecular formula is C71H115NO8. The molecule has 0 aliphatic heterocycles. The number of hydrogen-bond donors (Lipinski definition) is 0. The van der Waals surface area contributed by atoms with Crippen molar-refractivity contribution in [2.75, 3.05) is 47.5 Å². The summed E-state index contributed by atoms with van der Waals surface area (Å²) in [7, 11) is 5.90. The van der Waals surface area contributed by atoms with Gasteiger partial charge in [-0.3, -0.25) is 9.59 Å². The van der Waals surface area contributed by atoms with Crippen LogP contribution in [-0.4, -0.2) is 82.3 Å². The summed E-state index contributed by atoms with van der Waals surface area (Å²) >= 11 is 0. The molecule has 0 fully saturated rings. The number of unbranched alkanes of at least 4 members (excludes halogenated alkanes) is 17. The third-order valence-corrected chi connectivity index (χ3v) is 12.8. The number of carbonyl (C=O) groups excluding carboxylic acids is 3. The first-order valence-electron chi connectivity index (χ1n) is 31.5. The van der Waals surface area contributed by atoms with Crippen LogP contribution < -0.4 is 5.11 Å². The average Bonchev–Trinajstić information content (AvgIpc) is 3.43. The van der Waals surface area contributed by atoms with E-state index in [0.29, 0.717) is 17.4 Å². The van der Waals surface area contributed by atoms with Gasteiger partial charge < -0.3 is 33.3 Å². The predicted molar refractivity (Wildman–Crippen MR) is 338 cm³/mol. The van der Waals surface area contributed by atoms with E-state index in [1.165, 1.54) is 70.6 Å². The van der Waals surface area contributed by atoms with Crippen molar-refractivity contribution in [3.8, 4) is 0 Å². The fourth-order valence-corrected chi connectivity index (χ4v) is 8.00. The summed E-state index contributed by atoms with van der Waals surface area (Å²) in [5.74, 6) is -2.35. The maximum atomic E-state index is 12.9. The first kappa shape index (κ1) is 75.2. The minimum Gasteiger partial charge on any atom is -0.545 e. The van der Waals surface area contributed by atoms with E-state index in [1.807, 2.05) is 21.1 Å². The predicted octanol–water partition coefficient (Wildman–Crippen LogP) is 17.8. The molecule has 0 bridgehead atoms. The number of allylic oxidation sites excluding steroid dienone is 24. The van der Waals surface area contributed by atoms with Gasteiger partial charge in [0.15, 0.2) is 12.4 Å². The lowest BCUT2D eigenvalue weighted by Gasteiger charge is -2.26. The molecule has 452 valence electrons. The molecule has 0 aromatic heterocycles. The molecule has 0 amide bonds. The Morgan fingerprint density at radius 3 is 1.09 bits per heavy atom. The van der Waals surface area contributed by atoms with Crippen LogP contribution in [0.25, 0.3) is 0 Å². The Bertz CT molecular complexity index is 1820. The molecule has 2 unspecified atom stereocenters. The van der Waals surface area contributed by atoms with Crippen molar-refractivity contribution in [2.24, 2.45) is 0 Å². The summed E-state index contributed by atoms with van der Waals surface area (Å²) in [6.07, 6.45) is 84.8. The molecule has 0 radical (unpaired) electrons. The van der Waals surface area contributed by atoms with Crippen LogP contribution in [0.4, 0.5) is 0 Å². The highest BCUT2D eigenvalue weighted by Gasteiger charge is 2.22. The number of esters is 2. The minimum absolute atomic E-state index is 0.133. The van der Waals surface area contributed by atoms with E-state index in [-0.39, 0.29) is 38.6 Å². The number of carboxylic acid groups (broad SMARTS) is 1. The van der Waals surface area contributed by atoms with Crippen molar-refractivity contribution in [3.05, 3.63) is 146 Å². The lowest BCUT2D eigenvalue weighted by atomic mass is 10.1. The highest BCUT2D eigenvalue weighted by molar-refractivity contribution is 5.70. The zero-order chi connectivity index (χ0) is 58.3. The smallest absolute Gasteiger partial charge is 0.306 e. The van der Waals surface area contributed by atoms with Crippen molar-refractivity contribution >= 4 is 17.9 Å². The second-order valence-electron chi connectivity index (χ2n) is 21.6. The molecule has 0 rings (SSSR count). The number of ether oxygens (including phenoxy) is 4. The van der Waals surface area contributed by atoms with Gasteiger partial charge in [-0.2, -0.15) is 0 Å². The third kappa shape index (κ3) is 60.8. The van der Waals surface area contributed by atoms with Gasteiger partial charge in [-0.15, -0.1) is 0 Å². The van der Waals surface area contributed by atoms with Crippen LogP contribution in [0, 0.1) is 0 Å². The molecule has 0 spiro atoms. The zero-order valence-electron chi connectivity index (χ0n) is 51.4. The van der Waals surface area contributed by atoms with Gasteiger partial charge in [-0.25, -0.2) is 0 Å². The van der Waals surface area contributed by atoms with E-state index in [9.17, 15) is 19.5 Å². The number of aliphatic carboxylic acids is 1. The molecule has 0 aromatic carbocycles. The van der Waals surface area contributed by atoms with Crippen molar-refractivity contribution in [2.45, 2.75) is 238 Å². The van der Waals surface area contributed by atoms with Crippen LogP contribution in [0.15, 0.2) is 146 Å². The Labute approximate surface area is 490 Å². The monoisotopic (exact) mass is 1110 g/mol. The van der Waals surface area contributed by atoms with Gasteiger partial charge in [-0.1, -0.05) is 237 Å². The lowest BCUT2D eigenvalue weighted by molar-refractivity contribution is -0.870. The second kappa shape index (κ2) is 60.3. The number of carbonyl (C=O) groups is 3. The lowest BCUT2D eigenvalue weighted by Crippen LogP contribution is -2.44. The van der Waals surface area contributed by atoms with Gasteiger partial charge >= 0.3 is 11.9 Å². The van der Waals surface area contributed by atoms with Crippen LogP contribution in [0.2, 0.25) is 0 Å². The average molecular weight is 1110 g/mol. The molecule has 0 N–H and O–H groups in total. The number of carboxylic acids is 1. The molecule has 0 saturated heterocycles. The molecule has 2 atom stereocenters. The number of rotatable bonds is 56. The molecule has 0 heterocycles. The van der Waals surface area contributed by atoms with Crippen LogP contribution in [0.5, 0.6) is 0 Å². The third-order valence-electron chi connectivity index (χ3n) is 12.8. The number of quaternary nitrogens is 1. The van der Waals surface area contributed by atoms with Crippen LogP contribution in [0.1, 0.15) is 226 Å². The summed E-state index contributed by atoms with van der Waals surface area (Å²) in [6.45, 7) is 4.57. The summed E-state index contributed by atoms with van der Waals surface area (Å²) in [4.78, 5) is 37.3. The van der Waals surface area contributed by atoms with E-state index >= 15 is 0 Å². The summed E-state index contributed by atoms with van der Waals surface area (Å²) in [5.41, 5.74) is 0. The largest absolute Gasteiger partial charge is 0.545 e. The van der Waals surface area contributed by atoms with E-state index in [4.69, 9.17) is 18.9 Å². The Kier molecular flexibility index (Phi) is 56.6. The number of likely N-dealkylation sites (N-methyl/N-ethyl adjacent to an activating group) is 1. The SMILES string of the molecule is CC/C=C\C/C=C\C/C=C\C/C=C\C/C=C\C/C=C\C/C=C\C/C=C\C/C=C\C/C=C\C/C=C\CCCCCC(=O)OC(COC(=O)CCCCCCCCC/C=C\CCCCCCCCC)COC(OCC[N+](C)(C)C)C(=O)[O-]. The molecule has 0 aliphatic carbocycles. The molecule has 9 nitrogen and oxygen atoms in total. The van der Waals surface area contributed by atoms with E-state index in [0.717, 1.165) is 122 Å².